The number of aliphatic hydroxyl groups excluding tert-OH is 1. The van der Waals surface area contributed by atoms with Gasteiger partial charge in [-0.05, 0) is 75.5 Å². The Hall–Kier alpha value is -4.75. The number of amides is 2. The van der Waals surface area contributed by atoms with Crippen LogP contribution in [-0.4, -0.2) is 54.9 Å². The van der Waals surface area contributed by atoms with Gasteiger partial charge in [0.05, 0.1) is 24.5 Å². The molecule has 1 aliphatic heterocycles. The van der Waals surface area contributed by atoms with E-state index >= 15 is 0 Å². The number of benzene rings is 4. The van der Waals surface area contributed by atoms with Crippen molar-refractivity contribution in [3.8, 4) is 22.6 Å². The van der Waals surface area contributed by atoms with Gasteiger partial charge in [-0.25, -0.2) is 4.79 Å². The first kappa shape index (κ1) is 33.2. The average Bonchev–Trinajstić information content (AvgIpc) is 3.60. The molecule has 4 N–H and O–H groups in total. The summed E-state index contributed by atoms with van der Waals surface area (Å²) in [5, 5.41) is 37.8. The number of hydrogen-bond acceptors (Lipinski definition) is 9. The average molecular weight is 667 g/mol. The van der Waals surface area contributed by atoms with Crippen molar-refractivity contribution < 1.29 is 24.5 Å². The number of aliphatic hydroxyl groups is 1. The number of aromatic hydroxyl groups is 1. The van der Waals surface area contributed by atoms with Crippen LogP contribution in [0.15, 0.2) is 102 Å². The van der Waals surface area contributed by atoms with E-state index in [2.05, 4.69) is 51.3 Å². The van der Waals surface area contributed by atoms with Gasteiger partial charge in [0.1, 0.15) is 5.75 Å². The van der Waals surface area contributed by atoms with Crippen molar-refractivity contribution in [1.29, 1.82) is 0 Å². The number of aromatic nitrogens is 4. The predicted molar refractivity (Wildman–Crippen MR) is 182 cm³/mol. The van der Waals surface area contributed by atoms with Crippen molar-refractivity contribution in [3.05, 3.63) is 119 Å². The lowest BCUT2D eigenvalue weighted by Crippen LogP contribution is -2.38. The first-order chi connectivity index (χ1) is 23.4. The number of carbonyl (C=O) groups excluding carboxylic acids is 1. The molecule has 6 rings (SSSR count). The fourth-order valence-corrected chi connectivity index (χ4v) is 6.64. The van der Waals surface area contributed by atoms with Crippen LogP contribution in [0.5, 0.6) is 5.75 Å². The highest BCUT2D eigenvalue weighted by molar-refractivity contribution is 7.99. The van der Waals surface area contributed by atoms with Crippen molar-refractivity contribution in [1.82, 2.24) is 30.8 Å². The molecule has 0 saturated carbocycles. The first-order valence-corrected chi connectivity index (χ1v) is 16.8. The minimum atomic E-state index is -0.621. The van der Waals surface area contributed by atoms with Crippen LogP contribution in [0.2, 0.25) is 0 Å². The van der Waals surface area contributed by atoms with E-state index in [4.69, 9.17) is 9.47 Å². The van der Waals surface area contributed by atoms with Gasteiger partial charge >= 0.3 is 6.03 Å². The molecule has 4 aromatic carbocycles. The highest BCUT2D eigenvalue weighted by Crippen LogP contribution is 2.43. The lowest BCUT2D eigenvalue weighted by Gasteiger charge is -2.41. The van der Waals surface area contributed by atoms with Crippen molar-refractivity contribution in [2.45, 2.75) is 50.7 Å². The maximum atomic E-state index is 11.9. The van der Waals surface area contributed by atoms with Crippen LogP contribution in [-0.2, 0) is 22.6 Å². The second-order valence-electron chi connectivity index (χ2n) is 11.6. The molecule has 0 spiro atoms. The molecule has 0 bridgehead atoms. The molecular weight excluding hydrogens is 629 g/mol. The molecule has 48 heavy (non-hydrogen) atoms. The van der Waals surface area contributed by atoms with Crippen molar-refractivity contribution in [2.75, 3.05) is 12.3 Å². The molecule has 248 valence electrons. The van der Waals surface area contributed by atoms with Crippen LogP contribution in [0.3, 0.4) is 0 Å². The molecule has 1 saturated heterocycles. The fourth-order valence-electron chi connectivity index (χ4n) is 5.59. The SMILES string of the molecule is CCNC(=O)NCc1cccc(-c2ccc(C3OC(CSc4nnnn4-c4ccc(O)cc4)C(C)C(c4ccc(CO)cc4)O3)cc2)c1. The summed E-state index contributed by atoms with van der Waals surface area (Å²) in [7, 11) is 0. The third kappa shape index (κ3) is 7.85. The van der Waals surface area contributed by atoms with Crippen LogP contribution in [0.25, 0.3) is 16.8 Å². The minimum absolute atomic E-state index is 0.0123. The Kier molecular flexibility index (Phi) is 10.7. The Bertz CT molecular complexity index is 1800. The zero-order chi connectivity index (χ0) is 33.5. The van der Waals surface area contributed by atoms with Crippen LogP contribution >= 0.6 is 11.8 Å². The molecule has 1 fully saturated rings. The van der Waals surface area contributed by atoms with Crippen LogP contribution in [0.4, 0.5) is 4.79 Å². The Labute approximate surface area is 283 Å². The van der Waals surface area contributed by atoms with E-state index in [1.165, 1.54) is 11.8 Å². The maximum Gasteiger partial charge on any atom is 0.315 e. The number of urea groups is 1. The number of nitrogens with one attached hydrogen (secondary N) is 2. The summed E-state index contributed by atoms with van der Waals surface area (Å²) in [6.45, 7) is 4.98. The zero-order valence-corrected chi connectivity index (χ0v) is 27.5. The Balaban J connectivity index is 1.21. The van der Waals surface area contributed by atoms with Gasteiger partial charge in [0.15, 0.2) is 6.29 Å². The monoisotopic (exact) mass is 666 g/mol. The van der Waals surface area contributed by atoms with E-state index in [-0.39, 0.29) is 36.5 Å². The molecule has 4 atom stereocenters. The summed E-state index contributed by atoms with van der Waals surface area (Å²) in [6.07, 6.45) is -1.09. The lowest BCUT2D eigenvalue weighted by atomic mass is 9.91. The number of hydrogen-bond donors (Lipinski definition) is 4. The maximum absolute atomic E-state index is 11.9. The highest BCUT2D eigenvalue weighted by Gasteiger charge is 2.38. The number of thioether (sulfide) groups is 1. The predicted octanol–water partition coefficient (Wildman–Crippen LogP) is 5.93. The van der Waals surface area contributed by atoms with Gasteiger partial charge in [-0.1, -0.05) is 85.4 Å². The van der Waals surface area contributed by atoms with Gasteiger partial charge in [0.2, 0.25) is 5.16 Å². The van der Waals surface area contributed by atoms with Crippen LogP contribution < -0.4 is 10.6 Å². The van der Waals surface area contributed by atoms with E-state index in [9.17, 15) is 15.0 Å². The number of tetrazole rings is 1. The largest absolute Gasteiger partial charge is 0.508 e. The van der Waals surface area contributed by atoms with E-state index in [1.54, 1.807) is 28.9 Å². The Morgan fingerprint density at radius 1 is 0.896 bits per heavy atom. The third-order valence-electron chi connectivity index (χ3n) is 8.27. The molecule has 1 aliphatic rings. The van der Waals surface area contributed by atoms with E-state index in [0.717, 1.165) is 39.1 Å². The van der Waals surface area contributed by atoms with Crippen molar-refractivity contribution in [3.63, 3.8) is 0 Å². The summed E-state index contributed by atoms with van der Waals surface area (Å²) in [5.74, 6) is 0.725. The number of rotatable bonds is 11. The molecule has 0 radical (unpaired) electrons. The van der Waals surface area contributed by atoms with Crippen molar-refractivity contribution in [2.24, 2.45) is 5.92 Å². The zero-order valence-electron chi connectivity index (χ0n) is 26.7. The smallest absolute Gasteiger partial charge is 0.315 e. The quantitative estimate of drug-likeness (QED) is 0.126. The van der Waals surface area contributed by atoms with E-state index < -0.39 is 6.29 Å². The van der Waals surface area contributed by atoms with Gasteiger partial charge in [0.25, 0.3) is 0 Å². The first-order valence-electron chi connectivity index (χ1n) is 15.8. The second kappa shape index (κ2) is 15.4. The van der Waals surface area contributed by atoms with Gasteiger partial charge in [-0.2, -0.15) is 4.68 Å². The summed E-state index contributed by atoms with van der Waals surface area (Å²) >= 11 is 1.49. The molecule has 1 aromatic heterocycles. The molecule has 5 aromatic rings. The van der Waals surface area contributed by atoms with E-state index in [0.29, 0.717) is 24.0 Å². The molecule has 2 heterocycles. The number of carbonyl (C=O) groups is 1. The minimum Gasteiger partial charge on any atom is -0.508 e. The van der Waals surface area contributed by atoms with Gasteiger partial charge in [-0.15, -0.1) is 5.10 Å². The molecule has 11 nitrogen and oxygen atoms in total. The van der Waals surface area contributed by atoms with Gasteiger partial charge < -0.3 is 30.3 Å². The summed E-state index contributed by atoms with van der Waals surface area (Å²) in [6, 6.07) is 30.6. The van der Waals surface area contributed by atoms with Crippen molar-refractivity contribution >= 4 is 17.8 Å². The topological polar surface area (TPSA) is 144 Å². The number of phenolic OH excluding ortho intramolecular Hbond substituents is 1. The molecule has 4 unspecified atom stereocenters. The van der Waals surface area contributed by atoms with Crippen LogP contribution in [0.1, 0.15) is 48.5 Å². The molecule has 2 amide bonds. The highest BCUT2D eigenvalue weighted by atomic mass is 32.2. The van der Waals surface area contributed by atoms with Gasteiger partial charge in [0, 0.05) is 30.3 Å². The summed E-state index contributed by atoms with van der Waals surface area (Å²) < 4.78 is 14.9. The second-order valence-corrected chi connectivity index (χ2v) is 12.5. The molecular formula is C36H38N6O5S. The fraction of sp³-hybridized carbons (Fsp3) is 0.278. The number of ether oxygens (including phenoxy) is 2. The number of nitrogens with zero attached hydrogens (tertiary/aromatic N) is 4. The Morgan fingerprint density at radius 3 is 2.38 bits per heavy atom. The normalized spacial score (nSPS) is 19.1. The molecule has 0 aliphatic carbocycles. The molecule has 12 heteroatoms. The lowest BCUT2D eigenvalue weighted by molar-refractivity contribution is -0.268. The summed E-state index contributed by atoms with van der Waals surface area (Å²) in [4.78, 5) is 11.9. The van der Waals surface area contributed by atoms with Crippen LogP contribution in [0, 0.1) is 5.92 Å². The van der Waals surface area contributed by atoms with Gasteiger partial charge in [-0.3, -0.25) is 0 Å². The Morgan fingerprint density at radius 2 is 1.65 bits per heavy atom. The number of phenols is 1. The van der Waals surface area contributed by atoms with E-state index in [1.807, 2.05) is 61.5 Å². The summed E-state index contributed by atoms with van der Waals surface area (Å²) in [5.41, 5.74) is 6.55. The third-order valence-corrected chi connectivity index (χ3v) is 9.28. The standard InChI is InChI=1S/C36H38N6O5S/c1-3-37-35(45)38-20-25-5-4-6-29(19-25)26-11-13-28(14-12-26)34-46-32(23(2)33(47-34)27-9-7-24(21-43)8-10-27)22-48-36-39-40-41-42(36)30-15-17-31(44)18-16-30/h4-19,23,32-34,43-44H,3,20-22H2,1-2H3,(H2,37,38,45).